The van der Waals surface area contributed by atoms with Crippen molar-refractivity contribution in [1.29, 1.82) is 0 Å². The Morgan fingerprint density at radius 1 is 0.923 bits per heavy atom. The van der Waals surface area contributed by atoms with Crippen LogP contribution >= 0.6 is 22.6 Å². The van der Waals surface area contributed by atoms with Crippen molar-refractivity contribution in [1.82, 2.24) is 9.97 Å². The van der Waals surface area contributed by atoms with Gasteiger partial charge in [-0.3, -0.25) is 4.98 Å². The molecule has 2 nitrogen and oxygen atoms in total. The topological polar surface area (TPSA) is 25.8 Å². The Labute approximate surface area is 90.2 Å². The zero-order chi connectivity index (χ0) is 9.10. The lowest BCUT2D eigenvalue weighted by Crippen LogP contribution is -1.87. The molecule has 13 heavy (non-hydrogen) atoms. The Hall–Kier alpha value is -0.970. The van der Waals surface area contributed by atoms with Crippen LogP contribution < -0.4 is 0 Å². The molecule has 0 aliphatic carbocycles. The van der Waals surface area contributed by atoms with Crippen molar-refractivity contribution in [2.24, 2.45) is 0 Å². The molecule has 2 aromatic heterocycles. The van der Waals surface area contributed by atoms with Crippen molar-refractivity contribution < 1.29 is 0 Å². The zero-order valence-electron chi connectivity index (χ0n) is 6.81. The van der Waals surface area contributed by atoms with E-state index in [9.17, 15) is 0 Å². The fourth-order valence-corrected chi connectivity index (χ4v) is 1.72. The van der Waals surface area contributed by atoms with Gasteiger partial charge in [-0.25, -0.2) is 4.98 Å². The van der Waals surface area contributed by atoms with E-state index in [1.165, 1.54) is 0 Å². The molecule has 2 aromatic rings. The summed E-state index contributed by atoms with van der Waals surface area (Å²) in [5, 5.41) is 0. The first kappa shape index (κ1) is 8.62. The number of aromatic nitrogens is 2. The van der Waals surface area contributed by atoms with Crippen LogP contribution in [0.1, 0.15) is 0 Å². The molecule has 0 fully saturated rings. The zero-order valence-corrected chi connectivity index (χ0v) is 8.97. The number of halogens is 1. The molecule has 0 saturated heterocycles. The fourth-order valence-electron chi connectivity index (χ4n) is 1.10. The summed E-state index contributed by atoms with van der Waals surface area (Å²) in [6, 6.07) is 9.82. The van der Waals surface area contributed by atoms with Gasteiger partial charge in [-0.05, 0) is 46.9 Å². The standard InChI is InChI=1S/C10H7IN2/c11-10-8(4-3-7-13-10)9-5-1-2-6-12-9/h1-7H. The van der Waals surface area contributed by atoms with Gasteiger partial charge in [0.25, 0.3) is 0 Å². The van der Waals surface area contributed by atoms with Crippen molar-refractivity contribution in [3.8, 4) is 11.3 Å². The highest BCUT2D eigenvalue weighted by Crippen LogP contribution is 2.20. The first-order chi connectivity index (χ1) is 6.38. The number of rotatable bonds is 1. The van der Waals surface area contributed by atoms with Gasteiger partial charge < -0.3 is 0 Å². The summed E-state index contributed by atoms with van der Waals surface area (Å²) >= 11 is 2.21. The van der Waals surface area contributed by atoms with Crippen LogP contribution in [-0.2, 0) is 0 Å². The van der Waals surface area contributed by atoms with E-state index >= 15 is 0 Å². The molecule has 0 aromatic carbocycles. The quantitative estimate of drug-likeness (QED) is 0.593. The van der Waals surface area contributed by atoms with Crippen molar-refractivity contribution in [2.45, 2.75) is 0 Å². The van der Waals surface area contributed by atoms with Crippen LogP contribution in [0.3, 0.4) is 0 Å². The first-order valence-electron chi connectivity index (χ1n) is 3.90. The minimum Gasteiger partial charge on any atom is -0.256 e. The lowest BCUT2D eigenvalue weighted by molar-refractivity contribution is 1.24. The molecular weight excluding hydrogens is 275 g/mol. The van der Waals surface area contributed by atoms with E-state index in [0.29, 0.717) is 0 Å². The third kappa shape index (κ3) is 1.85. The van der Waals surface area contributed by atoms with Crippen LogP contribution in [0.15, 0.2) is 42.7 Å². The molecule has 0 unspecified atom stereocenters. The minimum atomic E-state index is 0.972. The van der Waals surface area contributed by atoms with Gasteiger partial charge in [-0.15, -0.1) is 0 Å². The Kier molecular flexibility index (Phi) is 2.54. The summed E-state index contributed by atoms with van der Waals surface area (Å²) in [5.74, 6) is 0. The van der Waals surface area contributed by atoms with Gasteiger partial charge in [-0.2, -0.15) is 0 Å². The predicted octanol–water partition coefficient (Wildman–Crippen LogP) is 2.75. The van der Waals surface area contributed by atoms with Crippen molar-refractivity contribution in [2.75, 3.05) is 0 Å². The second kappa shape index (κ2) is 3.83. The summed E-state index contributed by atoms with van der Waals surface area (Å²) in [6.07, 6.45) is 3.58. The highest BCUT2D eigenvalue weighted by atomic mass is 127. The largest absolute Gasteiger partial charge is 0.256 e. The Morgan fingerprint density at radius 3 is 2.46 bits per heavy atom. The molecule has 0 N–H and O–H groups in total. The number of hydrogen-bond acceptors (Lipinski definition) is 2. The lowest BCUT2D eigenvalue weighted by atomic mass is 10.2. The van der Waals surface area contributed by atoms with Gasteiger partial charge in [-0.1, -0.05) is 6.07 Å². The second-order valence-corrected chi connectivity index (χ2v) is 3.58. The van der Waals surface area contributed by atoms with E-state index in [0.717, 1.165) is 15.0 Å². The van der Waals surface area contributed by atoms with Crippen LogP contribution in [0.2, 0.25) is 0 Å². The predicted molar refractivity (Wildman–Crippen MR) is 60.2 cm³/mol. The first-order valence-corrected chi connectivity index (χ1v) is 4.98. The number of pyridine rings is 2. The highest BCUT2D eigenvalue weighted by molar-refractivity contribution is 14.1. The Bertz CT molecular complexity index is 401. The van der Waals surface area contributed by atoms with E-state index < -0.39 is 0 Å². The maximum atomic E-state index is 4.27. The molecule has 0 spiro atoms. The van der Waals surface area contributed by atoms with Crippen LogP contribution in [0.4, 0.5) is 0 Å². The number of nitrogens with zero attached hydrogens (tertiary/aromatic N) is 2. The van der Waals surface area contributed by atoms with E-state index in [4.69, 9.17) is 0 Å². The van der Waals surface area contributed by atoms with Crippen molar-refractivity contribution in [3.63, 3.8) is 0 Å². The maximum Gasteiger partial charge on any atom is 0.110 e. The average molecular weight is 282 g/mol. The smallest absolute Gasteiger partial charge is 0.110 e. The van der Waals surface area contributed by atoms with Gasteiger partial charge in [0.05, 0.1) is 5.69 Å². The molecule has 0 radical (unpaired) electrons. The van der Waals surface area contributed by atoms with E-state index in [1.807, 2.05) is 30.3 Å². The number of hydrogen-bond donors (Lipinski definition) is 0. The second-order valence-electron chi connectivity index (χ2n) is 2.56. The highest BCUT2D eigenvalue weighted by Gasteiger charge is 2.02. The molecule has 3 heteroatoms. The Morgan fingerprint density at radius 2 is 1.77 bits per heavy atom. The van der Waals surface area contributed by atoms with Crippen LogP contribution in [0.25, 0.3) is 11.3 Å². The molecule has 2 heterocycles. The third-order valence-electron chi connectivity index (χ3n) is 1.70. The molecule has 0 aliphatic heterocycles. The minimum absolute atomic E-state index is 0.972. The molecular formula is C10H7IN2. The summed E-state index contributed by atoms with van der Waals surface area (Å²) < 4.78 is 0.985. The van der Waals surface area contributed by atoms with E-state index in [1.54, 1.807) is 12.4 Å². The van der Waals surface area contributed by atoms with Gasteiger partial charge in [0.2, 0.25) is 0 Å². The Balaban J connectivity index is 2.54. The molecule has 64 valence electrons. The summed E-state index contributed by atoms with van der Waals surface area (Å²) in [5.41, 5.74) is 2.06. The van der Waals surface area contributed by atoms with Crippen molar-refractivity contribution >= 4 is 22.6 Å². The molecule has 0 saturated carbocycles. The van der Waals surface area contributed by atoms with Crippen LogP contribution in [0.5, 0.6) is 0 Å². The van der Waals surface area contributed by atoms with Crippen LogP contribution in [0, 0.1) is 3.70 Å². The molecule has 0 atom stereocenters. The summed E-state index contributed by atoms with van der Waals surface area (Å²) in [6.45, 7) is 0. The van der Waals surface area contributed by atoms with E-state index in [-0.39, 0.29) is 0 Å². The van der Waals surface area contributed by atoms with Crippen molar-refractivity contribution in [3.05, 3.63) is 46.4 Å². The van der Waals surface area contributed by atoms with Gasteiger partial charge in [0.15, 0.2) is 0 Å². The SMILES string of the molecule is Ic1ncccc1-c1ccccn1. The van der Waals surface area contributed by atoms with Crippen LogP contribution in [-0.4, -0.2) is 9.97 Å². The van der Waals surface area contributed by atoms with Gasteiger partial charge in [0, 0.05) is 18.0 Å². The lowest BCUT2D eigenvalue weighted by Gasteiger charge is -2.00. The maximum absolute atomic E-state index is 4.27. The molecule has 0 bridgehead atoms. The molecule has 0 aliphatic rings. The van der Waals surface area contributed by atoms with E-state index in [2.05, 4.69) is 32.6 Å². The monoisotopic (exact) mass is 282 g/mol. The fraction of sp³-hybridized carbons (Fsp3) is 0. The van der Waals surface area contributed by atoms with Gasteiger partial charge in [0.1, 0.15) is 3.70 Å². The normalized spacial score (nSPS) is 9.92. The molecule has 0 amide bonds. The third-order valence-corrected chi connectivity index (χ3v) is 2.56. The molecule has 2 rings (SSSR count). The summed E-state index contributed by atoms with van der Waals surface area (Å²) in [4.78, 5) is 8.47. The average Bonchev–Trinajstić information content (AvgIpc) is 2.20. The van der Waals surface area contributed by atoms with Gasteiger partial charge >= 0.3 is 0 Å². The summed E-state index contributed by atoms with van der Waals surface area (Å²) in [7, 11) is 0.